The SMILES string of the molecule is Cn1nnc(CC(CNC2CC2)Cc2ccccc2Cl)n1. The molecule has 112 valence electrons. The van der Waals surface area contributed by atoms with Crippen LogP contribution >= 0.6 is 11.6 Å². The topological polar surface area (TPSA) is 55.6 Å². The Kier molecular flexibility index (Phi) is 4.51. The average molecular weight is 306 g/mol. The fourth-order valence-electron chi connectivity index (χ4n) is 2.48. The molecule has 0 spiro atoms. The molecule has 1 heterocycles. The number of nitrogens with one attached hydrogen (secondary N) is 1. The number of rotatable bonds is 7. The second-order valence-electron chi connectivity index (χ2n) is 5.74. The molecule has 1 aliphatic carbocycles. The minimum atomic E-state index is 0.426. The highest BCUT2D eigenvalue weighted by Crippen LogP contribution is 2.22. The third-order valence-corrected chi connectivity index (χ3v) is 4.13. The van der Waals surface area contributed by atoms with E-state index < -0.39 is 0 Å². The van der Waals surface area contributed by atoms with Crippen LogP contribution < -0.4 is 5.32 Å². The van der Waals surface area contributed by atoms with E-state index in [1.165, 1.54) is 23.2 Å². The second-order valence-corrected chi connectivity index (χ2v) is 6.15. The maximum atomic E-state index is 6.28. The highest BCUT2D eigenvalue weighted by atomic mass is 35.5. The lowest BCUT2D eigenvalue weighted by molar-refractivity contribution is 0.459. The molecule has 0 aliphatic heterocycles. The summed E-state index contributed by atoms with van der Waals surface area (Å²) in [5.74, 6) is 1.22. The molecule has 1 saturated carbocycles. The summed E-state index contributed by atoms with van der Waals surface area (Å²) in [6.45, 7) is 0.966. The van der Waals surface area contributed by atoms with E-state index in [2.05, 4.69) is 26.8 Å². The van der Waals surface area contributed by atoms with E-state index >= 15 is 0 Å². The molecule has 1 N–H and O–H groups in total. The van der Waals surface area contributed by atoms with Crippen molar-refractivity contribution in [2.45, 2.75) is 31.7 Å². The maximum absolute atomic E-state index is 6.28. The van der Waals surface area contributed by atoms with E-state index in [0.717, 1.165) is 30.2 Å². The first-order chi connectivity index (χ1) is 10.2. The van der Waals surface area contributed by atoms with Gasteiger partial charge in [0.25, 0.3) is 0 Å². The second kappa shape index (κ2) is 6.54. The van der Waals surface area contributed by atoms with Gasteiger partial charge in [-0.15, -0.1) is 10.2 Å². The van der Waals surface area contributed by atoms with Gasteiger partial charge in [-0.3, -0.25) is 0 Å². The van der Waals surface area contributed by atoms with E-state index in [0.29, 0.717) is 12.0 Å². The van der Waals surface area contributed by atoms with Crippen LogP contribution in [0.4, 0.5) is 0 Å². The lowest BCUT2D eigenvalue weighted by Gasteiger charge is -2.17. The van der Waals surface area contributed by atoms with Crippen molar-refractivity contribution in [3.63, 3.8) is 0 Å². The van der Waals surface area contributed by atoms with Crippen molar-refractivity contribution in [2.75, 3.05) is 6.54 Å². The molecule has 1 unspecified atom stereocenters. The molecule has 1 aliphatic rings. The van der Waals surface area contributed by atoms with Crippen LogP contribution in [0.15, 0.2) is 24.3 Å². The molecule has 6 heteroatoms. The molecule has 5 nitrogen and oxygen atoms in total. The summed E-state index contributed by atoms with van der Waals surface area (Å²) < 4.78 is 0. The summed E-state index contributed by atoms with van der Waals surface area (Å²) >= 11 is 6.28. The molecule has 1 atom stereocenters. The molecule has 0 amide bonds. The Hall–Kier alpha value is -1.46. The number of tetrazole rings is 1. The van der Waals surface area contributed by atoms with Crippen LogP contribution in [0.1, 0.15) is 24.2 Å². The lowest BCUT2D eigenvalue weighted by Crippen LogP contribution is -2.28. The monoisotopic (exact) mass is 305 g/mol. The van der Waals surface area contributed by atoms with Crippen LogP contribution in [0, 0.1) is 5.92 Å². The van der Waals surface area contributed by atoms with Crippen molar-refractivity contribution in [1.82, 2.24) is 25.5 Å². The number of halogens is 1. The van der Waals surface area contributed by atoms with Crippen LogP contribution in [-0.4, -0.2) is 32.8 Å². The smallest absolute Gasteiger partial charge is 0.175 e. The van der Waals surface area contributed by atoms with Crippen LogP contribution in [0.25, 0.3) is 0 Å². The van der Waals surface area contributed by atoms with Crippen molar-refractivity contribution in [1.29, 1.82) is 0 Å². The number of hydrogen-bond donors (Lipinski definition) is 1. The van der Waals surface area contributed by atoms with Crippen molar-refractivity contribution >= 4 is 11.6 Å². The van der Waals surface area contributed by atoms with Crippen molar-refractivity contribution in [3.8, 4) is 0 Å². The largest absolute Gasteiger partial charge is 0.314 e. The molecule has 0 radical (unpaired) electrons. The van der Waals surface area contributed by atoms with Gasteiger partial charge in [0.05, 0.1) is 7.05 Å². The standard InChI is InChI=1S/C15H20ClN5/c1-21-19-15(18-20-21)9-11(10-17-13-6-7-13)8-12-4-2-3-5-14(12)16/h2-5,11,13,17H,6-10H2,1H3. The molecular formula is C15H20ClN5. The summed E-state index contributed by atoms with van der Waals surface area (Å²) in [5, 5.41) is 16.7. The van der Waals surface area contributed by atoms with Gasteiger partial charge in [0, 0.05) is 17.5 Å². The van der Waals surface area contributed by atoms with Gasteiger partial charge in [-0.25, -0.2) is 0 Å². The number of aryl methyl sites for hydroxylation is 1. The molecular weight excluding hydrogens is 286 g/mol. The van der Waals surface area contributed by atoms with Crippen LogP contribution in [0.5, 0.6) is 0 Å². The zero-order valence-corrected chi connectivity index (χ0v) is 12.9. The normalized spacial score (nSPS) is 16.1. The lowest BCUT2D eigenvalue weighted by atomic mass is 9.95. The number of aromatic nitrogens is 4. The first-order valence-electron chi connectivity index (χ1n) is 7.40. The Labute approximate surface area is 129 Å². The maximum Gasteiger partial charge on any atom is 0.175 e. The minimum Gasteiger partial charge on any atom is -0.314 e. The predicted molar refractivity (Wildman–Crippen MR) is 82.2 cm³/mol. The fraction of sp³-hybridized carbons (Fsp3) is 0.533. The van der Waals surface area contributed by atoms with Crippen LogP contribution in [-0.2, 0) is 19.9 Å². The van der Waals surface area contributed by atoms with E-state index in [-0.39, 0.29) is 0 Å². The van der Waals surface area contributed by atoms with Crippen molar-refractivity contribution in [2.24, 2.45) is 13.0 Å². The van der Waals surface area contributed by atoms with Crippen LogP contribution in [0.3, 0.4) is 0 Å². The van der Waals surface area contributed by atoms with Gasteiger partial charge >= 0.3 is 0 Å². The molecule has 21 heavy (non-hydrogen) atoms. The summed E-state index contributed by atoms with van der Waals surface area (Å²) in [6.07, 6.45) is 4.33. The zero-order valence-electron chi connectivity index (χ0n) is 12.2. The van der Waals surface area contributed by atoms with Gasteiger partial charge in [-0.2, -0.15) is 4.80 Å². The number of nitrogens with zero attached hydrogens (tertiary/aromatic N) is 4. The molecule has 0 bridgehead atoms. The molecule has 1 aromatic carbocycles. The Morgan fingerprint density at radius 1 is 1.33 bits per heavy atom. The molecule has 1 fully saturated rings. The van der Waals surface area contributed by atoms with Gasteiger partial charge in [0.1, 0.15) is 0 Å². The van der Waals surface area contributed by atoms with Gasteiger partial charge in [-0.1, -0.05) is 29.8 Å². The highest BCUT2D eigenvalue weighted by Gasteiger charge is 2.23. The van der Waals surface area contributed by atoms with Gasteiger partial charge < -0.3 is 5.32 Å². The molecule has 3 rings (SSSR count). The van der Waals surface area contributed by atoms with E-state index in [4.69, 9.17) is 11.6 Å². The Morgan fingerprint density at radius 3 is 2.81 bits per heavy atom. The van der Waals surface area contributed by atoms with Gasteiger partial charge in [-0.05, 0) is 48.6 Å². The fourth-order valence-corrected chi connectivity index (χ4v) is 2.69. The summed E-state index contributed by atoms with van der Waals surface area (Å²) in [7, 11) is 1.79. The average Bonchev–Trinajstić information content (AvgIpc) is 3.21. The van der Waals surface area contributed by atoms with Gasteiger partial charge in [0.2, 0.25) is 0 Å². The van der Waals surface area contributed by atoms with E-state index in [1.807, 2.05) is 18.2 Å². The number of hydrogen-bond acceptors (Lipinski definition) is 4. The quantitative estimate of drug-likeness (QED) is 0.850. The zero-order chi connectivity index (χ0) is 14.7. The van der Waals surface area contributed by atoms with Crippen molar-refractivity contribution in [3.05, 3.63) is 40.7 Å². The summed E-state index contributed by atoms with van der Waals surface area (Å²) in [5.41, 5.74) is 1.19. The summed E-state index contributed by atoms with van der Waals surface area (Å²) in [6, 6.07) is 8.74. The Balaban J connectivity index is 1.67. The Morgan fingerprint density at radius 2 is 2.14 bits per heavy atom. The molecule has 0 saturated heterocycles. The molecule has 1 aromatic heterocycles. The van der Waals surface area contributed by atoms with E-state index in [9.17, 15) is 0 Å². The Bertz CT molecular complexity index is 593. The number of benzene rings is 1. The third kappa shape index (κ3) is 4.25. The van der Waals surface area contributed by atoms with E-state index in [1.54, 1.807) is 7.05 Å². The van der Waals surface area contributed by atoms with Gasteiger partial charge in [0.15, 0.2) is 5.82 Å². The van der Waals surface area contributed by atoms with Crippen molar-refractivity contribution < 1.29 is 0 Å². The summed E-state index contributed by atoms with van der Waals surface area (Å²) in [4.78, 5) is 1.51. The first kappa shape index (κ1) is 14.5. The minimum absolute atomic E-state index is 0.426. The third-order valence-electron chi connectivity index (χ3n) is 3.76. The predicted octanol–water partition coefficient (Wildman–Crippen LogP) is 2.02. The first-order valence-corrected chi connectivity index (χ1v) is 7.78. The highest BCUT2D eigenvalue weighted by molar-refractivity contribution is 6.31. The van der Waals surface area contributed by atoms with Crippen LogP contribution in [0.2, 0.25) is 5.02 Å². The molecule has 2 aromatic rings.